The molecule has 1 N–H and O–H groups in total. The molecule has 0 unspecified atom stereocenters. The Morgan fingerprint density at radius 3 is 2.42 bits per heavy atom. The molecule has 0 bridgehead atoms. The standard InChI is InChI=1S/C17H14FN3O3S2/c1-11-2-4-12(5-3-11)10-26(23,24)17-20-16(25-21-17)19-15(22)13-6-8-14(18)9-7-13/h2-9H,10H2,1H3,(H,19,20,21,22). The minimum absolute atomic E-state index is 0.0572. The van der Waals surface area contributed by atoms with E-state index in [9.17, 15) is 17.6 Å². The van der Waals surface area contributed by atoms with Gasteiger partial charge in [0.1, 0.15) is 5.82 Å². The van der Waals surface area contributed by atoms with E-state index in [1.165, 1.54) is 12.1 Å². The number of rotatable bonds is 5. The van der Waals surface area contributed by atoms with Crippen LogP contribution in [0.25, 0.3) is 0 Å². The number of halogens is 1. The largest absolute Gasteiger partial charge is 0.297 e. The van der Waals surface area contributed by atoms with Crippen molar-refractivity contribution in [3.05, 3.63) is 71.0 Å². The third-order valence-corrected chi connectivity index (χ3v) is 5.69. The van der Waals surface area contributed by atoms with Gasteiger partial charge < -0.3 is 0 Å². The lowest BCUT2D eigenvalue weighted by Crippen LogP contribution is -2.12. The summed E-state index contributed by atoms with van der Waals surface area (Å²) in [5.41, 5.74) is 1.89. The number of nitrogens with one attached hydrogen (secondary N) is 1. The van der Waals surface area contributed by atoms with E-state index in [1.807, 2.05) is 19.1 Å². The molecular weight excluding hydrogens is 377 g/mol. The van der Waals surface area contributed by atoms with Crippen molar-refractivity contribution in [2.75, 3.05) is 5.32 Å². The van der Waals surface area contributed by atoms with Crippen LogP contribution >= 0.6 is 11.5 Å². The van der Waals surface area contributed by atoms with Crippen molar-refractivity contribution in [3.63, 3.8) is 0 Å². The molecule has 0 spiro atoms. The fourth-order valence-corrected chi connectivity index (χ4v) is 4.21. The lowest BCUT2D eigenvalue weighted by Gasteiger charge is -2.02. The average Bonchev–Trinajstić information content (AvgIpc) is 3.07. The van der Waals surface area contributed by atoms with Gasteiger partial charge in [0.2, 0.25) is 15.0 Å². The third kappa shape index (κ3) is 4.30. The van der Waals surface area contributed by atoms with Crippen LogP contribution in [0, 0.1) is 12.7 Å². The van der Waals surface area contributed by atoms with Crippen LogP contribution in [0.5, 0.6) is 0 Å². The molecule has 0 aliphatic carbocycles. The summed E-state index contributed by atoms with van der Waals surface area (Å²) in [6, 6.07) is 12.1. The molecule has 1 heterocycles. The van der Waals surface area contributed by atoms with Crippen LogP contribution in [0.15, 0.2) is 53.7 Å². The van der Waals surface area contributed by atoms with Crippen molar-refractivity contribution >= 4 is 32.4 Å². The molecule has 1 amide bonds. The van der Waals surface area contributed by atoms with Crippen molar-refractivity contribution in [2.45, 2.75) is 17.8 Å². The second-order valence-electron chi connectivity index (χ2n) is 5.59. The van der Waals surface area contributed by atoms with E-state index in [2.05, 4.69) is 14.7 Å². The summed E-state index contributed by atoms with van der Waals surface area (Å²) < 4.78 is 41.6. The summed E-state index contributed by atoms with van der Waals surface area (Å²) in [4.78, 5) is 16.0. The highest BCUT2D eigenvalue weighted by Gasteiger charge is 2.22. The number of nitrogens with zero attached hydrogens (tertiary/aromatic N) is 2. The van der Waals surface area contributed by atoms with E-state index in [0.29, 0.717) is 5.56 Å². The maximum Gasteiger partial charge on any atom is 0.261 e. The number of anilines is 1. The van der Waals surface area contributed by atoms with Gasteiger partial charge in [0.25, 0.3) is 11.1 Å². The molecule has 0 atom stereocenters. The summed E-state index contributed by atoms with van der Waals surface area (Å²) in [6.07, 6.45) is 0. The molecule has 0 fully saturated rings. The zero-order valence-corrected chi connectivity index (χ0v) is 15.3. The van der Waals surface area contributed by atoms with E-state index >= 15 is 0 Å². The van der Waals surface area contributed by atoms with E-state index in [0.717, 1.165) is 29.2 Å². The van der Waals surface area contributed by atoms with Gasteiger partial charge in [-0.05, 0) is 36.8 Å². The molecule has 9 heteroatoms. The van der Waals surface area contributed by atoms with Gasteiger partial charge in [-0.2, -0.15) is 9.36 Å². The second kappa shape index (κ2) is 7.30. The molecule has 0 saturated carbocycles. The van der Waals surface area contributed by atoms with Crippen LogP contribution < -0.4 is 5.32 Å². The zero-order valence-electron chi connectivity index (χ0n) is 13.6. The van der Waals surface area contributed by atoms with E-state index in [-0.39, 0.29) is 21.6 Å². The lowest BCUT2D eigenvalue weighted by atomic mass is 10.2. The number of sulfone groups is 1. The molecule has 3 aromatic rings. The predicted molar refractivity (Wildman–Crippen MR) is 96.3 cm³/mol. The first-order valence-corrected chi connectivity index (χ1v) is 9.95. The highest BCUT2D eigenvalue weighted by molar-refractivity contribution is 7.90. The van der Waals surface area contributed by atoms with Gasteiger partial charge >= 0.3 is 0 Å². The van der Waals surface area contributed by atoms with Gasteiger partial charge in [-0.25, -0.2) is 12.8 Å². The molecule has 3 rings (SSSR count). The maximum atomic E-state index is 12.9. The van der Waals surface area contributed by atoms with Crippen LogP contribution in [-0.4, -0.2) is 23.7 Å². The van der Waals surface area contributed by atoms with Gasteiger partial charge in [0.05, 0.1) is 5.75 Å². The fraction of sp³-hybridized carbons (Fsp3) is 0.118. The van der Waals surface area contributed by atoms with E-state index in [4.69, 9.17) is 0 Å². The summed E-state index contributed by atoms with van der Waals surface area (Å²) in [7, 11) is -3.72. The van der Waals surface area contributed by atoms with Crippen molar-refractivity contribution < 1.29 is 17.6 Å². The van der Waals surface area contributed by atoms with E-state index in [1.54, 1.807) is 12.1 Å². The molecule has 0 aliphatic rings. The Kier molecular flexibility index (Phi) is 5.10. The number of carbonyl (C=O) groups is 1. The first-order chi connectivity index (χ1) is 12.3. The SMILES string of the molecule is Cc1ccc(CS(=O)(=O)c2nsc(NC(=O)c3ccc(F)cc3)n2)cc1. The monoisotopic (exact) mass is 391 g/mol. The summed E-state index contributed by atoms with van der Waals surface area (Å²) in [6.45, 7) is 1.91. The van der Waals surface area contributed by atoms with Gasteiger partial charge in [-0.15, -0.1) is 0 Å². The number of amides is 1. The highest BCUT2D eigenvalue weighted by atomic mass is 32.2. The van der Waals surface area contributed by atoms with Gasteiger partial charge in [0, 0.05) is 17.1 Å². The van der Waals surface area contributed by atoms with Crippen molar-refractivity contribution in [1.82, 2.24) is 9.36 Å². The number of benzene rings is 2. The molecule has 1 aromatic heterocycles. The molecule has 2 aromatic carbocycles. The second-order valence-corrected chi connectivity index (χ2v) is 8.22. The Labute approximate surface area is 153 Å². The minimum atomic E-state index is -3.72. The average molecular weight is 391 g/mol. The van der Waals surface area contributed by atoms with Crippen LogP contribution in [0.2, 0.25) is 0 Å². The Morgan fingerprint density at radius 2 is 1.77 bits per heavy atom. The minimum Gasteiger partial charge on any atom is -0.297 e. The molecule has 0 saturated heterocycles. The van der Waals surface area contributed by atoms with Crippen LogP contribution in [0.3, 0.4) is 0 Å². The number of hydrogen-bond donors (Lipinski definition) is 1. The first kappa shape index (κ1) is 18.2. The maximum absolute atomic E-state index is 12.9. The Balaban J connectivity index is 1.73. The summed E-state index contributed by atoms with van der Waals surface area (Å²) >= 11 is 0.769. The predicted octanol–water partition coefficient (Wildman–Crippen LogP) is 3.21. The van der Waals surface area contributed by atoms with E-state index < -0.39 is 21.6 Å². The van der Waals surface area contributed by atoms with Gasteiger partial charge in [0.15, 0.2) is 0 Å². The van der Waals surface area contributed by atoms with Crippen LogP contribution in [0.1, 0.15) is 21.5 Å². The fourth-order valence-electron chi connectivity index (χ4n) is 2.13. The molecule has 0 aliphatic heterocycles. The number of aryl methyl sites for hydroxylation is 1. The van der Waals surface area contributed by atoms with Gasteiger partial charge in [-0.3, -0.25) is 10.1 Å². The number of hydrogen-bond acceptors (Lipinski definition) is 6. The molecule has 0 radical (unpaired) electrons. The topological polar surface area (TPSA) is 89.0 Å². The number of carbonyl (C=O) groups excluding carboxylic acids is 1. The Hall–Kier alpha value is -2.65. The third-order valence-electron chi connectivity index (χ3n) is 3.49. The lowest BCUT2D eigenvalue weighted by molar-refractivity contribution is 0.102. The van der Waals surface area contributed by atoms with Crippen LogP contribution in [0.4, 0.5) is 9.52 Å². The van der Waals surface area contributed by atoms with Crippen molar-refractivity contribution in [3.8, 4) is 0 Å². The van der Waals surface area contributed by atoms with Crippen LogP contribution in [-0.2, 0) is 15.6 Å². The quantitative estimate of drug-likeness (QED) is 0.721. The van der Waals surface area contributed by atoms with Gasteiger partial charge in [-0.1, -0.05) is 29.8 Å². The smallest absolute Gasteiger partial charge is 0.261 e. The zero-order chi connectivity index (χ0) is 18.7. The molecule has 6 nitrogen and oxygen atoms in total. The van der Waals surface area contributed by atoms with Crippen molar-refractivity contribution in [2.24, 2.45) is 0 Å². The molecule has 134 valence electrons. The number of aromatic nitrogens is 2. The molecule has 26 heavy (non-hydrogen) atoms. The first-order valence-electron chi connectivity index (χ1n) is 7.52. The summed E-state index contributed by atoms with van der Waals surface area (Å²) in [5, 5.41) is 2.18. The normalized spacial score (nSPS) is 11.3. The summed E-state index contributed by atoms with van der Waals surface area (Å²) in [5.74, 6) is -1.21. The van der Waals surface area contributed by atoms with Crippen molar-refractivity contribution in [1.29, 1.82) is 0 Å². The molecular formula is C17H14FN3O3S2. The Morgan fingerprint density at radius 1 is 1.12 bits per heavy atom. The Bertz CT molecular complexity index is 1030. The highest BCUT2D eigenvalue weighted by Crippen LogP contribution is 2.20.